The van der Waals surface area contributed by atoms with E-state index in [9.17, 15) is 4.79 Å². The predicted octanol–water partition coefficient (Wildman–Crippen LogP) is 6.44. The van der Waals surface area contributed by atoms with Crippen LogP contribution in [0.2, 0.25) is 0 Å². The Balaban J connectivity index is 1.11. The highest BCUT2D eigenvalue weighted by atomic mass is 32.1. The number of aryl methyl sites for hydroxylation is 1. The summed E-state index contributed by atoms with van der Waals surface area (Å²) in [5, 5.41) is 3.71. The molecular formula is C34H39FN6O2S. The molecule has 0 aliphatic carbocycles. The second-order valence-electron chi connectivity index (χ2n) is 12.8. The zero-order chi connectivity index (χ0) is 30.9. The highest BCUT2D eigenvalue weighted by Gasteiger charge is 2.41. The maximum absolute atomic E-state index is 15.3. The number of carbonyl (C=O) groups excluding carboxylic acids is 1. The van der Waals surface area contributed by atoms with Crippen LogP contribution in [0, 0.1) is 12.7 Å². The summed E-state index contributed by atoms with van der Waals surface area (Å²) in [5.41, 5.74) is 4.45. The van der Waals surface area contributed by atoms with Crippen molar-refractivity contribution in [2.45, 2.75) is 71.1 Å². The van der Waals surface area contributed by atoms with Gasteiger partial charge in [-0.1, -0.05) is 62.4 Å². The van der Waals surface area contributed by atoms with Crippen molar-refractivity contribution < 1.29 is 13.9 Å². The summed E-state index contributed by atoms with van der Waals surface area (Å²) in [5.74, 6) is -0.167. The monoisotopic (exact) mass is 614 g/mol. The Labute approximate surface area is 262 Å². The van der Waals surface area contributed by atoms with Gasteiger partial charge < -0.3 is 19.9 Å². The third-order valence-corrected chi connectivity index (χ3v) is 9.62. The molecule has 6 rings (SSSR count). The summed E-state index contributed by atoms with van der Waals surface area (Å²) < 4.78 is 21.9. The van der Waals surface area contributed by atoms with E-state index < -0.39 is 5.60 Å². The Morgan fingerprint density at radius 2 is 1.75 bits per heavy atom. The van der Waals surface area contributed by atoms with Crippen LogP contribution in [0.15, 0.2) is 61.1 Å². The number of carbonyl (C=O) groups is 1. The average molecular weight is 615 g/mol. The maximum atomic E-state index is 15.3. The topological polar surface area (TPSA) is 83.5 Å². The molecule has 1 fully saturated rings. The standard InChI is InChI=1S/C34H39FN6O2S/c1-23-18-37-26(19-36-23)20-38-31(42)29-21-39-32(44-29)40-15-12-34(13-16-40)14-17-41(28-7-5-6-27(35)30(28)43-34)22-24-8-10-25(11-9-24)33(2,3)4/h5-11,18-19,21H,12-17,20,22H2,1-4H3,(H,38,42). The quantitative estimate of drug-likeness (QED) is 0.268. The van der Waals surface area contributed by atoms with Gasteiger partial charge in [0.2, 0.25) is 0 Å². The number of anilines is 2. The van der Waals surface area contributed by atoms with Crippen molar-refractivity contribution in [1.82, 2.24) is 20.3 Å². The lowest BCUT2D eigenvalue weighted by Gasteiger charge is -2.41. The van der Waals surface area contributed by atoms with Crippen LogP contribution in [-0.2, 0) is 18.5 Å². The van der Waals surface area contributed by atoms with E-state index in [-0.39, 0.29) is 17.1 Å². The number of halogens is 1. The number of piperidine rings is 1. The summed E-state index contributed by atoms with van der Waals surface area (Å²) >= 11 is 1.38. The highest BCUT2D eigenvalue weighted by molar-refractivity contribution is 7.17. The number of para-hydroxylation sites is 1. The smallest absolute Gasteiger partial charge is 0.263 e. The molecule has 8 nitrogen and oxygen atoms in total. The van der Waals surface area contributed by atoms with Gasteiger partial charge in [0, 0.05) is 51.6 Å². The Morgan fingerprint density at radius 1 is 1.00 bits per heavy atom. The van der Waals surface area contributed by atoms with Gasteiger partial charge in [0.05, 0.1) is 36.0 Å². The second kappa shape index (κ2) is 12.1. The van der Waals surface area contributed by atoms with Gasteiger partial charge in [-0.2, -0.15) is 0 Å². The maximum Gasteiger partial charge on any atom is 0.263 e. The summed E-state index contributed by atoms with van der Waals surface area (Å²) in [6, 6.07) is 14.0. The zero-order valence-corrected chi connectivity index (χ0v) is 26.6. The number of rotatable bonds is 6. The third kappa shape index (κ3) is 6.55. The summed E-state index contributed by atoms with van der Waals surface area (Å²) in [6.07, 6.45) is 7.25. The molecule has 4 heterocycles. The molecule has 2 aliphatic rings. The second-order valence-corrected chi connectivity index (χ2v) is 13.8. The van der Waals surface area contributed by atoms with E-state index in [1.807, 2.05) is 13.0 Å². The van der Waals surface area contributed by atoms with Crippen molar-refractivity contribution in [2.75, 3.05) is 29.4 Å². The van der Waals surface area contributed by atoms with Crippen molar-refractivity contribution in [2.24, 2.45) is 0 Å². The van der Waals surface area contributed by atoms with E-state index in [0.29, 0.717) is 42.5 Å². The van der Waals surface area contributed by atoms with Gasteiger partial charge >= 0.3 is 0 Å². The molecular weight excluding hydrogens is 575 g/mol. The molecule has 4 aromatic rings. The van der Waals surface area contributed by atoms with Crippen LogP contribution in [0.3, 0.4) is 0 Å². The molecule has 0 saturated carbocycles. The average Bonchev–Trinajstić information content (AvgIpc) is 3.45. The first-order chi connectivity index (χ1) is 21.1. The normalized spacial score (nSPS) is 16.3. The lowest BCUT2D eigenvalue weighted by atomic mass is 9.86. The molecule has 230 valence electrons. The van der Waals surface area contributed by atoms with Gasteiger partial charge in [0.1, 0.15) is 10.5 Å². The molecule has 0 bridgehead atoms. The highest BCUT2D eigenvalue weighted by Crippen LogP contribution is 2.43. The Bertz CT molecular complexity index is 1610. The molecule has 10 heteroatoms. The zero-order valence-electron chi connectivity index (χ0n) is 25.8. The Kier molecular flexibility index (Phi) is 8.28. The van der Waals surface area contributed by atoms with Crippen molar-refractivity contribution in [3.8, 4) is 5.75 Å². The first kappa shape index (κ1) is 30.0. The van der Waals surface area contributed by atoms with Gasteiger partial charge in [0.25, 0.3) is 5.91 Å². The minimum absolute atomic E-state index is 0.0931. The van der Waals surface area contributed by atoms with Crippen LogP contribution in [-0.4, -0.2) is 46.1 Å². The Morgan fingerprint density at radius 3 is 2.45 bits per heavy atom. The molecule has 1 saturated heterocycles. The first-order valence-corrected chi connectivity index (χ1v) is 16.0. The number of aromatic nitrogens is 3. The number of hydrogen-bond donors (Lipinski definition) is 1. The van der Waals surface area contributed by atoms with Crippen LogP contribution in [0.4, 0.5) is 15.2 Å². The number of thiazole rings is 1. The van der Waals surface area contributed by atoms with Gasteiger partial charge in [-0.15, -0.1) is 0 Å². The van der Waals surface area contributed by atoms with Crippen LogP contribution < -0.4 is 19.9 Å². The fourth-order valence-electron chi connectivity index (χ4n) is 5.81. The molecule has 0 atom stereocenters. The fourth-order valence-corrected chi connectivity index (χ4v) is 6.70. The van der Waals surface area contributed by atoms with E-state index in [4.69, 9.17) is 4.74 Å². The van der Waals surface area contributed by atoms with Crippen molar-refractivity contribution >= 4 is 28.1 Å². The SMILES string of the molecule is Cc1cnc(CNC(=O)c2cnc(N3CCC4(CC3)CCN(Cc3ccc(C(C)(C)C)cc3)c3cccc(F)c3O4)s2)cn1. The molecule has 1 spiro atoms. The number of nitrogens with zero attached hydrogens (tertiary/aromatic N) is 5. The van der Waals surface area contributed by atoms with Gasteiger partial charge in [-0.3, -0.25) is 14.8 Å². The minimum atomic E-state index is -0.467. The molecule has 2 aliphatic heterocycles. The summed E-state index contributed by atoms with van der Waals surface area (Å²) in [7, 11) is 0. The van der Waals surface area contributed by atoms with E-state index in [0.717, 1.165) is 42.3 Å². The van der Waals surface area contributed by atoms with E-state index in [2.05, 4.69) is 75.1 Å². The van der Waals surface area contributed by atoms with Gasteiger partial charge in [-0.05, 0) is 35.6 Å². The van der Waals surface area contributed by atoms with Crippen LogP contribution >= 0.6 is 11.3 Å². The molecule has 2 aromatic carbocycles. The van der Waals surface area contributed by atoms with E-state index in [1.54, 1.807) is 24.7 Å². The van der Waals surface area contributed by atoms with Crippen molar-refractivity contribution in [3.63, 3.8) is 0 Å². The van der Waals surface area contributed by atoms with Crippen molar-refractivity contribution in [3.05, 3.63) is 94.3 Å². The summed E-state index contributed by atoms with van der Waals surface area (Å²) in [4.78, 5) is 30.8. The Hall–Kier alpha value is -4.05. The molecule has 1 amide bonds. The van der Waals surface area contributed by atoms with Crippen LogP contribution in [0.5, 0.6) is 5.75 Å². The van der Waals surface area contributed by atoms with E-state index >= 15 is 4.39 Å². The number of nitrogens with one attached hydrogen (secondary N) is 1. The largest absolute Gasteiger partial charge is 0.482 e. The first-order valence-electron chi connectivity index (χ1n) is 15.2. The number of hydrogen-bond acceptors (Lipinski definition) is 8. The lowest BCUT2D eigenvalue weighted by Crippen LogP contribution is -2.48. The number of fused-ring (bicyclic) bond motifs is 1. The minimum Gasteiger partial charge on any atom is -0.482 e. The molecule has 0 unspecified atom stereocenters. The van der Waals surface area contributed by atoms with E-state index in [1.165, 1.54) is 28.5 Å². The molecule has 0 radical (unpaired) electrons. The van der Waals surface area contributed by atoms with Crippen LogP contribution in [0.1, 0.15) is 72.2 Å². The number of ether oxygens (including phenoxy) is 1. The third-order valence-electron chi connectivity index (χ3n) is 8.56. The van der Waals surface area contributed by atoms with Crippen LogP contribution in [0.25, 0.3) is 0 Å². The van der Waals surface area contributed by atoms with Crippen molar-refractivity contribution in [1.29, 1.82) is 0 Å². The lowest BCUT2D eigenvalue weighted by molar-refractivity contribution is 0.0375. The molecule has 1 N–H and O–H groups in total. The number of benzene rings is 2. The fraction of sp³-hybridized carbons (Fsp3) is 0.412. The predicted molar refractivity (Wildman–Crippen MR) is 172 cm³/mol. The van der Waals surface area contributed by atoms with Gasteiger partial charge in [-0.25, -0.2) is 9.37 Å². The summed E-state index contributed by atoms with van der Waals surface area (Å²) in [6.45, 7) is 11.7. The number of amides is 1. The molecule has 2 aromatic heterocycles. The van der Waals surface area contributed by atoms with Gasteiger partial charge in [0.15, 0.2) is 16.7 Å². The molecule has 44 heavy (non-hydrogen) atoms.